The average molecular weight is 480 g/mol. The molecular formula is C27H30FN3O4. The van der Waals surface area contributed by atoms with Gasteiger partial charge in [0, 0.05) is 42.2 Å². The van der Waals surface area contributed by atoms with Crippen molar-refractivity contribution in [2.45, 2.75) is 32.7 Å². The monoisotopic (exact) mass is 479 g/mol. The highest BCUT2D eigenvalue weighted by Crippen LogP contribution is 2.22. The van der Waals surface area contributed by atoms with Gasteiger partial charge in [-0.15, -0.1) is 0 Å². The van der Waals surface area contributed by atoms with E-state index in [1.807, 2.05) is 24.3 Å². The molecule has 2 amide bonds. The molecule has 1 saturated heterocycles. The molecule has 0 spiro atoms. The fourth-order valence-electron chi connectivity index (χ4n) is 4.75. The molecule has 1 aromatic heterocycles. The molecule has 2 N–H and O–H groups in total. The second-order valence-electron chi connectivity index (χ2n) is 9.45. The molecule has 3 aromatic rings. The van der Waals surface area contributed by atoms with E-state index in [9.17, 15) is 18.8 Å². The number of nitrogens with one attached hydrogen (secondary N) is 2. The summed E-state index contributed by atoms with van der Waals surface area (Å²) in [4.78, 5) is 43.5. The van der Waals surface area contributed by atoms with Crippen molar-refractivity contribution in [2.75, 3.05) is 19.7 Å². The number of amides is 2. The largest absolute Gasteiger partial charge is 0.454 e. The zero-order valence-electron chi connectivity index (χ0n) is 19.9. The van der Waals surface area contributed by atoms with Gasteiger partial charge in [0.1, 0.15) is 11.9 Å². The Morgan fingerprint density at radius 1 is 1.09 bits per heavy atom. The molecule has 0 bridgehead atoms. The number of hydrogen-bond acceptors (Lipinski definition) is 4. The molecule has 0 saturated carbocycles. The topological polar surface area (TPSA) is 91.5 Å². The Balaban J connectivity index is 1.47. The zero-order chi connectivity index (χ0) is 24.9. The van der Waals surface area contributed by atoms with Crippen molar-refractivity contribution >= 4 is 28.7 Å². The van der Waals surface area contributed by atoms with Gasteiger partial charge >= 0.3 is 5.97 Å². The van der Waals surface area contributed by atoms with Crippen LogP contribution in [0.3, 0.4) is 0 Å². The van der Waals surface area contributed by atoms with Crippen LogP contribution in [0.4, 0.5) is 4.39 Å². The Bertz CT molecular complexity index is 1200. The van der Waals surface area contributed by atoms with Crippen LogP contribution in [0.15, 0.2) is 54.7 Å². The molecule has 1 aliphatic heterocycles. The number of aromatic amines is 1. The maximum absolute atomic E-state index is 13.3. The van der Waals surface area contributed by atoms with Crippen molar-refractivity contribution in [1.29, 1.82) is 0 Å². The Hall–Kier alpha value is -3.68. The smallest absolute Gasteiger partial charge is 0.329 e. The number of aromatic nitrogens is 1. The maximum atomic E-state index is 13.3. The summed E-state index contributed by atoms with van der Waals surface area (Å²) >= 11 is 0. The van der Waals surface area contributed by atoms with Crippen LogP contribution >= 0.6 is 0 Å². The number of nitrogens with zero attached hydrogens (tertiary/aromatic N) is 1. The lowest BCUT2D eigenvalue weighted by molar-refractivity contribution is -0.154. The second-order valence-corrected chi connectivity index (χ2v) is 9.45. The first-order valence-electron chi connectivity index (χ1n) is 11.9. The summed E-state index contributed by atoms with van der Waals surface area (Å²) in [7, 11) is 0. The summed E-state index contributed by atoms with van der Waals surface area (Å²) in [6.07, 6.45) is 3.02. The Kier molecular flexibility index (Phi) is 7.48. The third kappa shape index (κ3) is 6.07. The van der Waals surface area contributed by atoms with Crippen LogP contribution in [0.25, 0.3) is 10.9 Å². The summed E-state index contributed by atoms with van der Waals surface area (Å²) in [6.45, 7) is 5.10. The highest BCUT2D eigenvalue weighted by atomic mass is 19.1. The van der Waals surface area contributed by atoms with E-state index in [1.165, 1.54) is 24.3 Å². The van der Waals surface area contributed by atoms with Crippen molar-refractivity contribution in [3.63, 3.8) is 0 Å². The molecule has 4 rings (SSSR count). The second kappa shape index (κ2) is 10.7. The minimum atomic E-state index is -1.03. The van der Waals surface area contributed by atoms with Gasteiger partial charge < -0.3 is 19.9 Å². The van der Waals surface area contributed by atoms with Crippen molar-refractivity contribution in [2.24, 2.45) is 11.8 Å². The summed E-state index contributed by atoms with van der Waals surface area (Å²) in [6, 6.07) is 11.7. The van der Waals surface area contributed by atoms with Crippen LogP contribution in [0.5, 0.6) is 0 Å². The van der Waals surface area contributed by atoms with Gasteiger partial charge in [-0.1, -0.05) is 32.0 Å². The molecule has 0 radical (unpaired) electrons. The van der Waals surface area contributed by atoms with Gasteiger partial charge in [-0.05, 0) is 54.2 Å². The van der Waals surface area contributed by atoms with Crippen LogP contribution in [-0.4, -0.2) is 53.4 Å². The first-order valence-corrected chi connectivity index (χ1v) is 11.9. The molecule has 3 atom stereocenters. The summed E-state index contributed by atoms with van der Waals surface area (Å²) < 4.78 is 18.7. The molecule has 1 fully saturated rings. The van der Waals surface area contributed by atoms with E-state index in [4.69, 9.17) is 4.74 Å². The van der Waals surface area contributed by atoms with Crippen LogP contribution in [-0.2, 0) is 20.7 Å². The van der Waals surface area contributed by atoms with E-state index in [0.29, 0.717) is 24.9 Å². The van der Waals surface area contributed by atoms with Gasteiger partial charge in [-0.2, -0.15) is 0 Å². The predicted molar refractivity (Wildman–Crippen MR) is 130 cm³/mol. The molecule has 0 unspecified atom stereocenters. The number of ether oxygens (including phenoxy) is 1. The van der Waals surface area contributed by atoms with E-state index >= 15 is 0 Å². The van der Waals surface area contributed by atoms with E-state index in [2.05, 4.69) is 24.1 Å². The third-order valence-electron chi connectivity index (χ3n) is 6.35. The van der Waals surface area contributed by atoms with E-state index in [-0.39, 0.29) is 24.5 Å². The van der Waals surface area contributed by atoms with Gasteiger partial charge in [0.2, 0.25) is 0 Å². The Morgan fingerprint density at radius 2 is 1.77 bits per heavy atom. The number of halogens is 1. The van der Waals surface area contributed by atoms with Crippen LogP contribution in [0.1, 0.15) is 36.2 Å². The average Bonchev–Trinajstić information content (AvgIpc) is 3.24. The highest BCUT2D eigenvalue weighted by molar-refractivity contribution is 5.97. The van der Waals surface area contributed by atoms with Crippen molar-refractivity contribution < 1.29 is 23.5 Å². The fraction of sp³-hybridized carbons (Fsp3) is 0.370. The van der Waals surface area contributed by atoms with Gasteiger partial charge in [-0.3, -0.25) is 9.59 Å². The SMILES string of the molecule is C[C@@H]1C[C@H](C)CN(C(=O)COC(=O)[C@@H](Cc2c[nH]c3ccccc23)NC(=O)c2ccc(F)cc2)C1. The molecule has 8 heteroatoms. The van der Waals surface area contributed by atoms with Crippen molar-refractivity contribution in [1.82, 2.24) is 15.2 Å². The van der Waals surface area contributed by atoms with Gasteiger partial charge in [0.15, 0.2) is 6.61 Å². The van der Waals surface area contributed by atoms with Crippen molar-refractivity contribution in [3.05, 3.63) is 71.7 Å². The number of carbonyl (C=O) groups is 3. The molecule has 35 heavy (non-hydrogen) atoms. The lowest BCUT2D eigenvalue weighted by Crippen LogP contribution is -2.47. The Morgan fingerprint density at radius 3 is 2.49 bits per heavy atom. The zero-order valence-corrected chi connectivity index (χ0v) is 19.9. The lowest BCUT2D eigenvalue weighted by atomic mass is 9.92. The van der Waals surface area contributed by atoms with Gasteiger partial charge in [-0.25, -0.2) is 9.18 Å². The van der Waals surface area contributed by atoms with E-state index in [0.717, 1.165) is 22.9 Å². The molecule has 7 nitrogen and oxygen atoms in total. The number of likely N-dealkylation sites (tertiary alicyclic amines) is 1. The predicted octanol–water partition coefficient (Wildman–Crippen LogP) is 3.70. The van der Waals surface area contributed by atoms with Crippen LogP contribution in [0, 0.1) is 17.7 Å². The van der Waals surface area contributed by atoms with Gasteiger partial charge in [0.25, 0.3) is 11.8 Å². The minimum absolute atomic E-state index is 0.168. The quantitative estimate of drug-likeness (QED) is 0.506. The number of benzene rings is 2. The normalized spacial score (nSPS) is 18.8. The van der Waals surface area contributed by atoms with Crippen molar-refractivity contribution in [3.8, 4) is 0 Å². The van der Waals surface area contributed by atoms with Crippen LogP contribution < -0.4 is 5.32 Å². The molecule has 1 aliphatic rings. The summed E-state index contributed by atoms with van der Waals surface area (Å²) in [5.41, 5.74) is 1.95. The Labute approximate surface area is 203 Å². The molecule has 184 valence electrons. The number of piperidine rings is 1. The minimum Gasteiger partial charge on any atom is -0.454 e. The number of esters is 1. The first kappa shape index (κ1) is 24.4. The number of H-pyrrole nitrogens is 1. The maximum Gasteiger partial charge on any atom is 0.329 e. The van der Waals surface area contributed by atoms with E-state index < -0.39 is 23.7 Å². The standard InChI is InChI=1S/C27H30FN3O4/c1-17-11-18(2)15-31(14-17)25(32)16-35-27(34)24(30-26(33)19-7-9-21(28)10-8-19)12-20-13-29-23-6-4-3-5-22(20)23/h3-10,13,17-18,24,29H,11-12,14-16H2,1-2H3,(H,30,33)/t17-,18+,24-/m1/s1. The lowest BCUT2D eigenvalue weighted by Gasteiger charge is -2.34. The fourth-order valence-corrected chi connectivity index (χ4v) is 4.75. The molecule has 2 aromatic carbocycles. The van der Waals surface area contributed by atoms with Crippen LogP contribution in [0.2, 0.25) is 0 Å². The number of rotatable bonds is 7. The van der Waals surface area contributed by atoms with E-state index in [1.54, 1.807) is 11.1 Å². The molecule has 2 heterocycles. The number of para-hydroxylation sites is 1. The molecule has 0 aliphatic carbocycles. The first-order chi connectivity index (χ1) is 16.8. The molecular weight excluding hydrogens is 449 g/mol. The summed E-state index contributed by atoms with van der Waals surface area (Å²) in [5.74, 6) is -1.15. The third-order valence-corrected chi connectivity index (χ3v) is 6.35. The summed E-state index contributed by atoms with van der Waals surface area (Å²) in [5, 5.41) is 3.62. The highest BCUT2D eigenvalue weighted by Gasteiger charge is 2.29. The number of fused-ring (bicyclic) bond motifs is 1. The number of hydrogen-bond donors (Lipinski definition) is 2. The van der Waals surface area contributed by atoms with Gasteiger partial charge in [0.05, 0.1) is 0 Å². The number of carbonyl (C=O) groups excluding carboxylic acids is 3.